The maximum absolute atomic E-state index is 12.5. The molecule has 0 fully saturated rings. The van der Waals surface area contributed by atoms with E-state index in [0.717, 1.165) is 9.13 Å². The molecular formula is C25H21IN2O3. The first-order valence-corrected chi connectivity index (χ1v) is 10.6. The zero-order valence-corrected chi connectivity index (χ0v) is 19.3. The first-order chi connectivity index (χ1) is 15.0. The van der Waals surface area contributed by atoms with Gasteiger partial charge >= 0.3 is 0 Å². The molecule has 0 atom stereocenters. The van der Waals surface area contributed by atoms with Crippen LogP contribution in [0.5, 0.6) is 11.5 Å². The van der Waals surface area contributed by atoms with Crippen molar-refractivity contribution in [3.8, 4) is 17.6 Å². The molecule has 0 aliphatic heterocycles. The maximum atomic E-state index is 12.5. The zero-order valence-electron chi connectivity index (χ0n) is 17.2. The molecule has 0 aliphatic carbocycles. The van der Waals surface area contributed by atoms with Gasteiger partial charge in [-0.15, -0.1) is 0 Å². The van der Waals surface area contributed by atoms with Crippen molar-refractivity contribution in [2.45, 2.75) is 13.5 Å². The Morgan fingerprint density at radius 3 is 2.55 bits per heavy atom. The van der Waals surface area contributed by atoms with Crippen molar-refractivity contribution in [2.75, 3.05) is 12.4 Å². The molecule has 0 aromatic heterocycles. The number of nitrogens with one attached hydrogen (secondary N) is 1. The number of nitriles is 1. The summed E-state index contributed by atoms with van der Waals surface area (Å²) in [4.78, 5) is 12.5. The van der Waals surface area contributed by atoms with Gasteiger partial charge in [-0.2, -0.15) is 5.26 Å². The van der Waals surface area contributed by atoms with Gasteiger partial charge < -0.3 is 14.8 Å². The van der Waals surface area contributed by atoms with Crippen LogP contribution in [0.15, 0.2) is 72.3 Å². The number of aryl methyl sites for hydroxylation is 1. The molecule has 0 bridgehead atoms. The van der Waals surface area contributed by atoms with Crippen LogP contribution in [0.4, 0.5) is 5.69 Å². The Hall–Kier alpha value is -3.31. The molecule has 1 amide bonds. The molecule has 3 rings (SSSR count). The van der Waals surface area contributed by atoms with Crippen molar-refractivity contribution in [2.24, 2.45) is 0 Å². The summed E-state index contributed by atoms with van der Waals surface area (Å²) in [5.74, 6) is 0.640. The molecule has 0 radical (unpaired) electrons. The fourth-order valence-electron chi connectivity index (χ4n) is 2.82. The highest BCUT2D eigenvalue weighted by molar-refractivity contribution is 14.1. The molecule has 0 unspecified atom stereocenters. The number of rotatable bonds is 7. The number of methoxy groups -OCH3 is 1. The second-order valence-corrected chi connectivity index (χ2v) is 8.06. The molecule has 3 aromatic carbocycles. The highest BCUT2D eigenvalue weighted by Crippen LogP contribution is 2.30. The molecule has 1 N–H and O–H groups in total. The molecule has 3 aromatic rings. The largest absolute Gasteiger partial charge is 0.493 e. The fraction of sp³-hybridized carbons (Fsp3) is 0.120. The Kier molecular flexibility index (Phi) is 7.68. The summed E-state index contributed by atoms with van der Waals surface area (Å²) in [6.07, 6.45) is 1.52. The van der Waals surface area contributed by atoms with E-state index in [2.05, 4.69) is 27.9 Å². The van der Waals surface area contributed by atoms with Gasteiger partial charge in [-0.25, -0.2) is 0 Å². The topological polar surface area (TPSA) is 71.3 Å². The number of anilines is 1. The van der Waals surface area contributed by atoms with Gasteiger partial charge in [0, 0.05) is 9.26 Å². The standard InChI is InChI=1S/C25H21IN2O3/c1-17-6-8-18(9-7-17)16-31-23-11-10-19(13-24(23)30-2)12-20(15-27)25(29)28-22-5-3-4-21(26)14-22/h3-14H,16H2,1-2H3,(H,28,29)/b20-12+. The Bertz CT molecular complexity index is 1150. The predicted octanol–water partition coefficient (Wildman–Crippen LogP) is 5.73. The zero-order chi connectivity index (χ0) is 22.2. The number of amides is 1. The van der Waals surface area contributed by atoms with E-state index in [1.165, 1.54) is 11.6 Å². The number of carbonyl (C=O) groups is 1. The van der Waals surface area contributed by atoms with Crippen molar-refractivity contribution in [1.29, 1.82) is 5.26 Å². The third-order valence-corrected chi connectivity index (χ3v) is 5.13. The number of hydrogen-bond acceptors (Lipinski definition) is 4. The van der Waals surface area contributed by atoms with E-state index in [9.17, 15) is 10.1 Å². The maximum Gasteiger partial charge on any atom is 0.266 e. The average Bonchev–Trinajstić information content (AvgIpc) is 2.77. The molecule has 0 saturated heterocycles. The third-order valence-electron chi connectivity index (χ3n) is 4.46. The van der Waals surface area contributed by atoms with Gasteiger partial charge in [0.05, 0.1) is 7.11 Å². The predicted molar refractivity (Wildman–Crippen MR) is 130 cm³/mol. The van der Waals surface area contributed by atoms with Crippen LogP contribution in [0.1, 0.15) is 16.7 Å². The molecule has 0 aliphatic rings. The van der Waals surface area contributed by atoms with Crippen LogP contribution in [-0.4, -0.2) is 13.0 Å². The summed E-state index contributed by atoms with van der Waals surface area (Å²) < 4.78 is 12.3. The van der Waals surface area contributed by atoms with Crippen LogP contribution in [0.2, 0.25) is 0 Å². The highest BCUT2D eigenvalue weighted by Gasteiger charge is 2.11. The summed E-state index contributed by atoms with van der Waals surface area (Å²) in [5, 5.41) is 12.2. The van der Waals surface area contributed by atoms with Gasteiger partial charge in [-0.05, 0) is 77.0 Å². The summed E-state index contributed by atoms with van der Waals surface area (Å²) >= 11 is 2.16. The SMILES string of the molecule is COc1cc(/C=C(\C#N)C(=O)Nc2cccc(I)c2)ccc1OCc1ccc(C)cc1. The van der Waals surface area contributed by atoms with Gasteiger partial charge in [0.15, 0.2) is 11.5 Å². The summed E-state index contributed by atoms with van der Waals surface area (Å²) in [5.41, 5.74) is 3.53. The van der Waals surface area contributed by atoms with Gasteiger partial charge in [-0.1, -0.05) is 42.0 Å². The van der Waals surface area contributed by atoms with Crippen LogP contribution < -0.4 is 14.8 Å². The minimum atomic E-state index is -0.469. The van der Waals surface area contributed by atoms with E-state index in [1.54, 1.807) is 31.4 Å². The van der Waals surface area contributed by atoms with Crippen molar-refractivity contribution in [1.82, 2.24) is 0 Å². The van der Waals surface area contributed by atoms with Crippen LogP contribution in [-0.2, 0) is 11.4 Å². The average molecular weight is 524 g/mol. The summed E-state index contributed by atoms with van der Waals surface area (Å²) in [7, 11) is 1.55. The van der Waals surface area contributed by atoms with Crippen molar-refractivity contribution < 1.29 is 14.3 Å². The minimum absolute atomic E-state index is 0.00534. The second kappa shape index (κ2) is 10.6. The van der Waals surface area contributed by atoms with Crippen molar-refractivity contribution in [3.63, 3.8) is 0 Å². The number of benzene rings is 3. The Morgan fingerprint density at radius 1 is 1.10 bits per heavy atom. The second-order valence-electron chi connectivity index (χ2n) is 6.82. The van der Waals surface area contributed by atoms with E-state index in [0.29, 0.717) is 29.4 Å². The monoisotopic (exact) mass is 524 g/mol. The van der Waals surface area contributed by atoms with Gasteiger partial charge in [0.2, 0.25) is 0 Å². The Balaban J connectivity index is 1.74. The van der Waals surface area contributed by atoms with E-state index in [1.807, 2.05) is 55.5 Å². The van der Waals surface area contributed by atoms with Gasteiger partial charge in [0.25, 0.3) is 5.91 Å². The first kappa shape index (κ1) is 22.4. The lowest BCUT2D eigenvalue weighted by molar-refractivity contribution is -0.112. The molecular weight excluding hydrogens is 503 g/mol. The molecule has 0 saturated carbocycles. The van der Waals surface area contributed by atoms with Crippen LogP contribution in [0.25, 0.3) is 6.08 Å². The van der Waals surface area contributed by atoms with E-state index < -0.39 is 5.91 Å². The van der Waals surface area contributed by atoms with E-state index in [-0.39, 0.29) is 5.57 Å². The summed E-state index contributed by atoms with van der Waals surface area (Å²) in [6, 6.07) is 22.7. The van der Waals surface area contributed by atoms with Crippen LogP contribution >= 0.6 is 22.6 Å². The first-order valence-electron chi connectivity index (χ1n) is 9.53. The van der Waals surface area contributed by atoms with Gasteiger partial charge in [-0.3, -0.25) is 4.79 Å². The van der Waals surface area contributed by atoms with E-state index in [4.69, 9.17) is 9.47 Å². The molecule has 0 heterocycles. The molecule has 0 spiro atoms. The van der Waals surface area contributed by atoms with E-state index >= 15 is 0 Å². The molecule has 156 valence electrons. The minimum Gasteiger partial charge on any atom is -0.493 e. The smallest absolute Gasteiger partial charge is 0.266 e. The lowest BCUT2D eigenvalue weighted by Gasteiger charge is -2.12. The number of nitrogens with zero attached hydrogens (tertiary/aromatic N) is 1. The lowest BCUT2D eigenvalue weighted by atomic mass is 10.1. The summed E-state index contributed by atoms with van der Waals surface area (Å²) in [6.45, 7) is 2.45. The molecule has 6 heteroatoms. The lowest BCUT2D eigenvalue weighted by Crippen LogP contribution is -2.13. The van der Waals surface area contributed by atoms with Gasteiger partial charge in [0.1, 0.15) is 18.2 Å². The highest BCUT2D eigenvalue weighted by atomic mass is 127. The number of halogens is 1. The number of ether oxygens (including phenoxy) is 2. The Morgan fingerprint density at radius 2 is 1.87 bits per heavy atom. The Labute approximate surface area is 195 Å². The quantitative estimate of drug-likeness (QED) is 0.244. The van der Waals surface area contributed by atoms with Crippen LogP contribution in [0.3, 0.4) is 0 Å². The van der Waals surface area contributed by atoms with Crippen molar-refractivity contribution in [3.05, 3.63) is 92.6 Å². The van der Waals surface area contributed by atoms with Crippen LogP contribution in [0, 0.1) is 21.8 Å². The normalized spacial score (nSPS) is 10.8. The third kappa shape index (κ3) is 6.33. The number of carbonyl (C=O) groups excluding carboxylic acids is 1. The fourth-order valence-corrected chi connectivity index (χ4v) is 3.36. The number of hydrogen-bond donors (Lipinski definition) is 1. The van der Waals surface area contributed by atoms with Crippen molar-refractivity contribution >= 4 is 40.3 Å². The molecule has 31 heavy (non-hydrogen) atoms. The molecule has 5 nitrogen and oxygen atoms in total.